The summed E-state index contributed by atoms with van der Waals surface area (Å²) in [7, 11) is -1.95. The normalized spacial score (nSPS) is 12.8. The number of aromatic nitrogens is 2. The number of sulfonamides is 1. The van der Waals surface area contributed by atoms with Crippen molar-refractivity contribution in [3.8, 4) is 0 Å². The molecule has 21 heavy (non-hydrogen) atoms. The van der Waals surface area contributed by atoms with E-state index in [2.05, 4.69) is 30.7 Å². The molecule has 0 amide bonds. The van der Waals surface area contributed by atoms with Crippen LogP contribution in [0.3, 0.4) is 0 Å². The molecule has 1 aromatic carbocycles. The minimum atomic E-state index is -3.50. The van der Waals surface area contributed by atoms with Crippen molar-refractivity contribution in [3.05, 3.63) is 48.0 Å². The van der Waals surface area contributed by atoms with Crippen LogP contribution in [0.25, 0.3) is 0 Å². The van der Waals surface area contributed by atoms with Gasteiger partial charge in [0.1, 0.15) is 5.82 Å². The summed E-state index contributed by atoms with van der Waals surface area (Å²) < 4.78 is 26.3. The molecule has 1 aromatic heterocycles. The predicted molar refractivity (Wildman–Crippen MR) is 82.4 cm³/mol. The van der Waals surface area contributed by atoms with Crippen LogP contribution in [0.4, 0.5) is 0 Å². The Balaban J connectivity index is 2.23. The quantitative estimate of drug-likeness (QED) is 0.944. The van der Waals surface area contributed by atoms with Gasteiger partial charge in [0, 0.05) is 19.4 Å². The molecule has 0 radical (unpaired) electrons. The van der Waals surface area contributed by atoms with Crippen molar-refractivity contribution in [1.82, 2.24) is 14.3 Å². The molecule has 6 heteroatoms. The van der Waals surface area contributed by atoms with Crippen molar-refractivity contribution in [3.63, 3.8) is 0 Å². The highest BCUT2D eigenvalue weighted by Crippen LogP contribution is 2.24. The van der Waals surface area contributed by atoms with Crippen molar-refractivity contribution in [2.24, 2.45) is 0 Å². The molecule has 0 saturated carbocycles. The summed E-state index contributed by atoms with van der Waals surface area (Å²) in [5.41, 5.74) is 1.11. The van der Waals surface area contributed by atoms with Crippen LogP contribution in [-0.4, -0.2) is 29.7 Å². The lowest BCUT2D eigenvalue weighted by molar-refractivity contribution is 0.458. The number of hydrogen-bond donors (Lipinski definition) is 1. The Kier molecular flexibility index (Phi) is 4.20. The summed E-state index contributed by atoms with van der Waals surface area (Å²) in [5.74, 6) is 0.618. The van der Waals surface area contributed by atoms with E-state index in [0.717, 1.165) is 5.56 Å². The van der Waals surface area contributed by atoms with Crippen LogP contribution in [0.1, 0.15) is 32.2 Å². The molecule has 0 atom stereocenters. The second-order valence-corrected chi connectivity index (χ2v) is 8.12. The highest BCUT2D eigenvalue weighted by Gasteiger charge is 2.22. The summed E-state index contributed by atoms with van der Waals surface area (Å²) in [4.78, 5) is 7.25. The van der Waals surface area contributed by atoms with Crippen molar-refractivity contribution in [2.75, 3.05) is 7.05 Å². The van der Waals surface area contributed by atoms with Gasteiger partial charge >= 0.3 is 0 Å². The fourth-order valence-electron chi connectivity index (χ4n) is 1.99. The van der Waals surface area contributed by atoms with E-state index in [1.54, 1.807) is 31.6 Å². The van der Waals surface area contributed by atoms with Crippen LogP contribution in [0.2, 0.25) is 0 Å². The zero-order valence-corrected chi connectivity index (χ0v) is 13.6. The number of aromatic amines is 1. The average Bonchev–Trinajstić information content (AvgIpc) is 2.90. The van der Waals surface area contributed by atoms with Gasteiger partial charge in [0.25, 0.3) is 0 Å². The maximum atomic E-state index is 12.5. The second kappa shape index (κ2) is 5.61. The summed E-state index contributed by atoms with van der Waals surface area (Å²) >= 11 is 0. The first-order chi connectivity index (χ1) is 9.71. The van der Waals surface area contributed by atoms with E-state index < -0.39 is 10.0 Å². The van der Waals surface area contributed by atoms with Crippen LogP contribution in [0, 0.1) is 0 Å². The van der Waals surface area contributed by atoms with Gasteiger partial charge in [-0.05, 0) is 23.1 Å². The molecule has 0 bridgehead atoms. The van der Waals surface area contributed by atoms with Gasteiger partial charge < -0.3 is 4.98 Å². The molecule has 0 aliphatic heterocycles. The van der Waals surface area contributed by atoms with Crippen LogP contribution in [-0.2, 0) is 22.0 Å². The fourth-order valence-corrected chi connectivity index (χ4v) is 3.12. The third-order valence-corrected chi connectivity index (χ3v) is 5.17. The number of hydrogen-bond acceptors (Lipinski definition) is 3. The molecule has 0 fully saturated rings. The zero-order valence-electron chi connectivity index (χ0n) is 12.8. The molecule has 2 rings (SSSR count). The van der Waals surface area contributed by atoms with Gasteiger partial charge in [0.2, 0.25) is 10.0 Å². The van der Waals surface area contributed by atoms with Gasteiger partial charge in [0.05, 0.1) is 11.4 Å². The first kappa shape index (κ1) is 15.7. The predicted octanol–water partition coefficient (Wildman–Crippen LogP) is 2.53. The van der Waals surface area contributed by atoms with E-state index in [1.807, 2.05) is 12.1 Å². The summed E-state index contributed by atoms with van der Waals surface area (Å²) in [6, 6.07) is 7.06. The Bertz CT molecular complexity index is 684. The molecular weight excluding hydrogens is 286 g/mol. The molecule has 0 saturated heterocycles. The molecule has 0 aliphatic carbocycles. The third-order valence-electron chi connectivity index (χ3n) is 3.36. The van der Waals surface area contributed by atoms with Crippen LogP contribution in [0.15, 0.2) is 41.6 Å². The topological polar surface area (TPSA) is 66.1 Å². The molecule has 0 unspecified atom stereocenters. The van der Waals surface area contributed by atoms with Gasteiger partial charge in [-0.15, -0.1) is 0 Å². The standard InChI is InChI=1S/C15H21N3O2S/c1-15(2,3)12-5-7-13(8-6-12)21(19,20)18(4)11-14-16-9-10-17-14/h5-10H,11H2,1-4H3,(H,16,17). The van der Waals surface area contributed by atoms with Crippen LogP contribution in [0.5, 0.6) is 0 Å². The number of H-pyrrole nitrogens is 1. The lowest BCUT2D eigenvalue weighted by Gasteiger charge is -2.20. The van der Waals surface area contributed by atoms with Crippen LogP contribution >= 0.6 is 0 Å². The SMILES string of the molecule is CN(Cc1ncc[nH]1)S(=O)(=O)c1ccc(C(C)(C)C)cc1. The lowest BCUT2D eigenvalue weighted by atomic mass is 9.87. The summed E-state index contributed by atoms with van der Waals surface area (Å²) in [6.07, 6.45) is 3.28. The van der Waals surface area contributed by atoms with E-state index in [0.29, 0.717) is 10.7 Å². The van der Waals surface area contributed by atoms with Crippen LogP contribution < -0.4 is 0 Å². The minimum absolute atomic E-state index is 0.00234. The molecule has 0 aliphatic rings. The Morgan fingerprint density at radius 1 is 1.19 bits per heavy atom. The van der Waals surface area contributed by atoms with E-state index in [4.69, 9.17) is 0 Å². The number of imidazole rings is 1. The van der Waals surface area contributed by atoms with E-state index in [1.165, 1.54) is 4.31 Å². The molecule has 114 valence electrons. The van der Waals surface area contributed by atoms with Gasteiger partial charge in [-0.3, -0.25) is 0 Å². The molecule has 1 N–H and O–H groups in total. The largest absolute Gasteiger partial charge is 0.347 e. The maximum Gasteiger partial charge on any atom is 0.243 e. The van der Waals surface area contributed by atoms with Gasteiger partial charge in [-0.25, -0.2) is 13.4 Å². The molecule has 0 spiro atoms. The van der Waals surface area contributed by atoms with Gasteiger partial charge in [0.15, 0.2) is 0 Å². The molecule has 5 nitrogen and oxygen atoms in total. The zero-order chi connectivity index (χ0) is 15.7. The lowest BCUT2D eigenvalue weighted by Crippen LogP contribution is -2.27. The first-order valence-electron chi connectivity index (χ1n) is 6.76. The van der Waals surface area contributed by atoms with E-state index >= 15 is 0 Å². The van der Waals surface area contributed by atoms with Gasteiger partial charge in [-0.2, -0.15) is 4.31 Å². The first-order valence-corrected chi connectivity index (χ1v) is 8.20. The third kappa shape index (κ3) is 3.51. The molecular formula is C15H21N3O2S. The minimum Gasteiger partial charge on any atom is -0.347 e. The van der Waals surface area contributed by atoms with E-state index in [-0.39, 0.29) is 12.0 Å². The monoisotopic (exact) mass is 307 g/mol. The number of rotatable bonds is 4. The second-order valence-electron chi connectivity index (χ2n) is 6.07. The van der Waals surface area contributed by atoms with Crippen molar-refractivity contribution < 1.29 is 8.42 Å². The summed E-state index contributed by atoms with van der Waals surface area (Å²) in [5, 5.41) is 0. The molecule has 2 aromatic rings. The number of nitrogens with one attached hydrogen (secondary N) is 1. The van der Waals surface area contributed by atoms with Crippen molar-refractivity contribution in [1.29, 1.82) is 0 Å². The smallest absolute Gasteiger partial charge is 0.243 e. The van der Waals surface area contributed by atoms with Crippen molar-refractivity contribution in [2.45, 2.75) is 37.6 Å². The summed E-state index contributed by atoms with van der Waals surface area (Å²) in [6.45, 7) is 6.51. The Labute approximate surface area is 126 Å². The average molecular weight is 307 g/mol. The molecule has 1 heterocycles. The Hall–Kier alpha value is -1.66. The number of nitrogens with zero attached hydrogens (tertiary/aromatic N) is 2. The van der Waals surface area contributed by atoms with E-state index in [9.17, 15) is 8.42 Å². The Morgan fingerprint density at radius 3 is 2.29 bits per heavy atom. The van der Waals surface area contributed by atoms with Crippen molar-refractivity contribution >= 4 is 10.0 Å². The number of benzene rings is 1. The Morgan fingerprint density at radius 2 is 1.81 bits per heavy atom. The van der Waals surface area contributed by atoms with Gasteiger partial charge in [-0.1, -0.05) is 32.9 Å². The highest BCUT2D eigenvalue weighted by atomic mass is 32.2. The maximum absolute atomic E-state index is 12.5. The fraction of sp³-hybridized carbons (Fsp3) is 0.400. The highest BCUT2D eigenvalue weighted by molar-refractivity contribution is 7.89.